The normalized spacial score (nSPS) is 10.5. The van der Waals surface area contributed by atoms with Gasteiger partial charge in [-0.3, -0.25) is 15.1 Å². The molecule has 0 atom stereocenters. The molecule has 0 aliphatic rings. The first-order valence-corrected chi connectivity index (χ1v) is 4.39. The van der Waals surface area contributed by atoms with Crippen molar-refractivity contribution in [1.82, 2.24) is 4.98 Å². The molecule has 15 heavy (non-hydrogen) atoms. The molecule has 0 aliphatic heterocycles. The zero-order valence-corrected chi connectivity index (χ0v) is 8.10. The van der Waals surface area contributed by atoms with Gasteiger partial charge in [0, 0.05) is 29.0 Å². The van der Waals surface area contributed by atoms with Gasteiger partial charge in [0.2, 0.25) is 0 Å². The number of nitrogens with zero attached hydrogens (tertiary/aromatic N) is 2. The number of nitrogen functional groups attached to an aromatic ring is 1. The number of aryl methyl sites for hydroxylation is 1. The number of nitro benzene ring substituents is 1. The monoisotopic (exact) mass is 203 g/mol. The molecular formula is C10H9N3O2. The second-order valence-corrected chi connectivity index (χ2v) is 3.30. The van der Waals surface area contributed by atoms with Crippen LogP contribution in [0.15, 0.2) is 24.4 Å². The summed E-state index contributed by atoms with van der Waals surface area (Å²) in [7, 11) is 0. The van der Waals surface area contributed by atoms with Crippen molar-refractivity contribution in [3.63, 3.8) is 0 Å². The van der Waals surface area contributed by atoms with E-state index >= 15 is 0 Å². The van der Waals surface area contributed by atoms with Gasteiger partial charge in [-0.05, 0) is 19.1 Å². The molecule has 5 nitrogen and oxygen atoms in total. The van der Waals surface area contributed by atoms with Gasteiger partial charge >= 0.3 is 0 Å². The van der Waals surface area contributed by atoms with E-state index in [0.29, 0.717) is 16.5 Å². The van der Waals surface area contributed by atoms with Gasteiger partial charge in [0.15, 0.2) is 0 Å². The Bertz CT molecular complexity index is 552. The Balaban J connectivity index is 2.88. The summed E-state index contributed by atoms with van der Waals surface area (Å²) in [5, 5.41) is 11.9. The molecule has 0 aliphatic carbocycles. The van der Waals surface area contributed by atoms with E-state index in [1.807, 2.05) is 6.92 Å². The zero-order valence-electron chi connectivity index (χ0n) is 8.10. The van der Waals surface area contributed by atoms with Crippen LogP contribution in [0, 0.1) is 17.0 Å². The van der Waals surface area contributed by atoms with Gasteiger partial charge in [0.25, 0.3) is 5.69 Å². The van der Waals surface area contributed by atoms with Gasteiger partial charge in [-0.25, -0.2) is 0 Å². The van der Waals surface area contributed by atoms with Crippen LogP contribution in [-0.4, -0.2) is 9.91 Å². The molecule has 0 spiro atoms. The number of pyridine rings is 1. The summed E-state index contributed by atoms with van der Waals surface area (Å²) < 4.78 is 0. The second-order valence-electron chi connectivity index (χ2n) is 3.30. The molecule has 5 heteroatoms. The number of fused-ring (bicyclic) bond motifs is 1. The van der Waals surface area contributed by atoms with Gasteiger partial charge in [0.05, 0.1) is 10.3 Å². The predicted molar refractivity (Wildman–Crippen MR) is 57.5 cm³/mol. The summed E-state index contributed by atoms with van der Waals surface area (Å²) in [5.41, 5.74) is 7.09. The van der Waals surface area contributed by atoms with Gasteiger partial charge in [0.1, 0.15) is 0 Å². The van der Waals surface area contributed by atoms with Crippen molar-refractivity contribution < 1.29 is 4.92 Å². The highest BCUT2D eigenvalue weighted by molar-refractivity contribution is 5.98. The Kier molecular flexibility index (Phi) is 2.00. The standard InChI is InChI=1S/C10H9N3O2/c1-6-4-7-8(5-12-6)10(13(14)15)3-2-9(7)11/h2-5H,11H2,1H3. The largest absolute Gasteiger partial charge is 0.398 e. The summed E-state index contributed by atoms with van der Waals surface area (Å²) in [5.74, 6) is 0. The lowest BCUT2D eigenvalue weighted by atomic mass is 10.1. The molecule has 76 valence electrons. The molecule has 1 aromatic heterocycles. The number of nitrogens with two attached hydrogens (primary N) is 1. The van der Waals surface area contributed by atoms with E-state index < -0.39 is 4.92 Å². The molecular weight excluding hydrogens is 194 g/mol. The van der Waals surface area contributed by atoms with Crippen LogP contribution in [0.1, 0.15) is 5.69 Å². The Labute approximate surface area is 85.7 Å². The Morgan fingerprint density at radius 3 is 2.80 bits per heavy atom. The molecule has 2 N–H and O–H groups in total. The lowest BCUT2D eigenvalue weighted by Crippen LogP contribution is -1.94. The van der Waals surface area contributed by atoms with Crippen molar-refractivity contribution in [2.45, 2.75) is 6.92 Å². The highest BCUT2D eigenvalue weighted by Crippen LogP contribution is 2.29. The average Bonchev–Trinajstić information content (AvgIpc) is 2.19. The van der Waals surface area contributed by atoms with Crippen LogP contribution in [0.2, 0.25) is 0 Å². The number of aromatic nitrogens is 1. The Morgan fingerprint density at radius 2 is 2.13 bits per heavy atom. The highest BCUT2D eigenvalue weighted by atomic mass is 16.6. The molecule has 0 radical (unpaired) electrons. The molecule has 0 amide bonds. The number of anilines is 1. The highest BCUT2D eigenvalue weighted by Gasteiger charge is 2.13. The van der Waals surface area contributed by atoms with Crippen molar-refractivity contribution in [3.8, 4) is 0 Å². The SMILES string of the molecule is Cc1cc2c(N)ccc([N+](=O)[O-])c2cn1. The Hall–Kier alpha value is -2.17. The number of hydrogen-bond donors (Lipinski definition) is 1. The first kappa shape index (κ1) is 9.39. The fourth-order valence-corrected chi connectivity index (χ4v) is 1.51. The van der Waals surface area contributed by atoms with Crippen molar-refractivity contribution in [2.75, 3.05) is 5.73 Å². The second kappa shape index (κ2) is 3.20. The number of non-ortho nitro benzene ring substituents is 1. The van der Waals surface area contributed by atoms with Crippen molar-refractivity contribution >= 4 is 22.1 Å². The quantitative estimate of drug-likeness (QED) is 0.436. The predicted octanol–water partition coefficient (Wildman–Crippen LogP) is 2.03. The first-order chi connectivity index (χ1) is 7.09. The maximum Gasteiger partial charge on any atom is 0.278 e. The van der Waals surface area contributed by atoms with Crippen LogP contribution < -0.4 is 5.73 Å². The molecule has 0 bridgehead atoms. The molecule has 0 unspecified atom stereocenters. The van der Waals surface area contributed by atoms with E-state index in [0.717, 1.165) is 5.69 Å². The third-order valence-electron chi connectivity index (χ3n) is 2.25. The smallest absolute Gasteiger partial charge is 0.278 e. The van der Waals surface area contributed by atoms with Gasteiger partial charge in [-0.1, -0.05) is 0 Å². The molecule has 1 heterocycles. The molecule has 0 saturated heterocycles. The molecule has 1 aromatic carbocycles. The maximum atomic E-state index is 10.7. The van der Waals surface area contributed by atoms with E-state index in [1.54, 1.807) is 12.1 Å². The van der Waals surface area contributed by atoms with Crippen LogP contribution in [0.3, 0.4) is 0 Å². The van der Waals surface area contributed by atoms with E-state index in [1.165, 1.54) is 12.3 Å². The summed E-state index contributed by atoms with van der Waals surface area (Å²) in [6.45, 7) is 1.82. The molecule has 0 fully saturated rings. The van der Waals surface area contributed by atoms with Crippen LogP contribution in [0.25, 0.3) is 10.8 Å². The third-order valence-corrected chi connectivity index (χ3v) is 2.25. The number of hydrogen-bond acceptors (Lipinski definition) is 4. The van der Waals surface area contributed by atoms with E-state index in [-0.39, 0.29) is 5.69 Å². The minimum Gasteiger partial charge on any atom is -0.398 e. The van der Waals surface area contributed by atoms with Crippen molar-refractivity contribution in [1.29, 1.82) is 0 Å². The van der Waals surface area contributed by atoms with E-state index in [2.05, 4.69) is 4.98 Å². The fourth-order valence-electron chi connectivity index (χ4n) is 1.51. The summed E-state index contributed by atoms with van der Waals surface area (Å²) in [4.78, 5) is 14.3. The van der Waals surface area contributed by atoms with Gasteiger partial charge in [-0.15, -0.1) is 0 Å². The zero-order chi connectivity index (χ0) is 11.0. The Morgan fingerprint density at radius 1 is 1.40 bits per heavy atom. The molecule has 0 saturated carbocycles. The molecule has 2 rings (SSSR count). The van der Waals surface area contributed by atoms with Crippen LogP contribution in [0.4, 0.5) is 11.4 Å². The van der Waals surface area contributed by atoms with Crippen molar-refractivity contribution in [3.05, 3.63) is 40.2 Å². The lowest BCUT2D eigenvalue weighted by Gasteiger charge is -2.03. The van der Waals surface area contributed by atoms with E-state index in [4.69, 9.17) is 5.73 Å². The molecule has 2 aromatic rings. The van der Waals surface area contributed by atoms with Gasteiger partial charge < -0.3 is 5.73 Å². The third kappa shape index (κ3) is 1.48. The summed E-state index contributed by atoms with van der Waals surface area (Å²) >= 11 is 0. The topological polar surface area (TPSA) is 82.0 Å². The summed E-state index contributed by atoms with van der Waals surface area (Å²) in [6.07, 6.45) is 1.49. The number of nitro groups is 1. The first-order valence-electron chi connectivity index (χ1n) is 4.39. The minimum atomic E-state index is -0.432. The van der Waals surface area contributed by atoms with Gasteiger partial charge in [-0.2, -0.15) is 0 Å². The van der Waals surface area contributed by atoms with Crippen molar-refractivity contribution in [2.24, 2.45) is 0 Å². The average molecular weight is 203 g/mol. The maximum absolute atomic E-state index is 10.7. The fraction of sp³-hybridized carbons (Fsp3) is 0.100. The lowest BCUT2D eigenvalue weighted by molar-refractivity contribution is -0.383. The van der Waals surface area contributed by atoms with E-state index in [9.17, 15) is 10.1 Å². The summed E-state index contributed by atoms with van der Waals surface area (Å²) in [6, 6.07) is 4.69. The van der Waals surface area contributed by atoms with Crippen LogP contribution in [0.5, 0.6) is 0 Å². The number of benzene rings is 1. The van der Waals surface area contributed by atoms with Crippen LogP contribution >= 0.6 is 0 Å². The number of rotatable bonds is 1. The van der Waals surface area contributed by atoms with Crippen LogP contribution in [-0.2, 0) is 0 Å². The minimum absolute atomic E-state index is 0.0340.